The first-order valence-corrected chi connectivity index (χ1v) is 5.97. The molecular formula is C14H18N2O. The third-order valence-electron chi connectivity index (χ3n) is 2.90. The molecule has 0 amide bonds. The van der Waals surface area contributed by atoms with Gasteiger partial charge in [0.1, 0.15) is 12.4 Å². The standard InChI is InChI=1S/C14H18N2O/c1-3-4-11-5-7-12(8-6-11)13-9-16(2)14(10-17)15-13/h5-9,17H,3-4,10H2,1-2H3. The van der Waals surface area contributed by atoms with Crippen molar-refractivity contribution in [2.24, 2.45) is 7.05 Å². The second kappa shape index (κ2) is 5.15. The molecule has 0 aliphatic carbocycles. The Hall–Kier alpha value is -1.61. The van der Waals surface area contributed by atoms with Gasteiger partial charge < -0.3 is 9.67 Å². The van der Waals surface area contributed by atoms with E-state index >= 15 is 0 Å². The van der Waals surface area contributed by atoms with Crippen LogP contribution in [0.1, 0.15) is 24.7 Å². The molecule has 3 nitrogen and oxygen atoms in total. The highest BCUT2D eigenvalue weighted by Gasteiger charge is 2.06. The van der Waals surface area contributed by atoms with Crippen molar-refractivity contribution in [3.8, 4) is 11.3 Å². The largest absolute Gasteiger partial charge is 0.388 e. The van der Waals surface area contributed by atoms with E-state index in [1.54, 1.807) is 0 Å². The molecule has 0 atom stereocenters. The highest BCUT2D eigenvalue weighted by atomic mass is 16.3. The lowest BCUT2D eigenvalue weighted by molar-refractivity contribution is 0.267. The fourth-order valence-electron chi connectivity index (χ4n) is 1.92. The van der Waals surface area contributed by atoms with Crippen LogP contribution in [0.25, 0.3) is 11.3 Å². The van der Waals surface area contributed by atoms with Gasteiger partial charge in [-0.2, -0.15) is 0 Å². The Kier molecular flexibility index (Phi) is 3.59. The molecule has 1 aromatic carbocycles. The summed E-state index contributed by atoms with van der Waals surface area (Å²) in [6, 6.07) is 8.47. The smallest absolute Gasteiger partial charge is 0.134 e. The molecule has 17 heavy (non-hydrogen) atoms. The number of aliphatic hydroxyl groups is 1. The average molecular weight is 230 g/mol. The lowest BCUT2D eigenvalue weighted by Crippen LogP contribution is -1.94. The van der Waals surface area contributed by atoms with Crippen LogP contribution in [0.3, 0.4) is 0 Å². The van der Waals surface area contributed by atoms with E-state index in [0.29, 0.717) is 5.82 Å². The number of hydrogen-bond acceptors (Lipinski definition) is 2. The van der Waals surface area contributed by atoms with Crippen LogP contribution < -0.4 is 0 Å². The molecule has 1 aromatic heterocycles. The zero-order valence-electron chi connectivity index (χ0n) is 10.3. The van der Waals surface area contributed by atoms with Gasteiger partial charge in [0.25, 0.3) is 0 Å². The first kappa shape index (κ1) is 11.9. The molecular weight excluding hydrogens is 212 g/mol. The SMILES string of the molecule is CCCc1ccc(-c2cn(C)c(CO)n2)cc1. The molecule has 0 radical (unpaired) electrons. The van der Waals surface area contributed by atoms with Crippen molar-refractivity contribution >= 4 is 0 Å². The van der Waals surface area contributed by atoms with E-state index in [9.17, 15) is 0 Å². The Morgan fingerprint density at radius 1 is 1.24 bits per heavy atom. The number of aromatic nitrogens is 2. The molecule has 0 aliphatic heterocycles. The summed E-state index contributed by atoms with van der Waals surface area (Å²) in [7, 11) is 1.90. The normalized spacial score (nSPS) is 10.8. The van der Waals surface area contributed by atoms with Crippen molar-refractivity contribution < 1.29 is 5.11 Å². The minimum Gasteiger partial charge on any atom is -0.388 e. The Balaban J connectivity index is 2.26. The topological polar surface area (TPSA) is 38.0 Å². The number of benzene rings is 1. The molecule has 90 valence electrons. The van der Waals surface area contributed by atoms with Gasteiger partial charge in [-0.1, -0.05) is 37.6 Å². The minimum absolute atomic E-state index is 0.0234. The molecule has 0 saturated carbocycles. The van der Waals surface area contributed by atoms with Gasteiger partial charge >= 0.3 is 0 Å². The number of rotatable bonds is 4. The van der Waals surface area contributed by atoms with E-state index in [2.05, 4.69) is 36.2 Å². The van der Waals surface area contributed by atoms with E-state index in [0.717, 1.165) is 24.1 Å². The average Bonchev–Trinajstić information content (AvgIpc) is 2.72. The van der Waals surface area contributed by atoms with Gasteiger partial charge in [-0.05, 0) is 12.0 Å². The predicted octanol–water partition coefficient (Wildman–Crippen LogP) is 2.53. The third kappa shape index (κ3) is 2.56. The molecule has 1 N–H and O–H groups in total. The fourth-order valence-corrected chi connectivity index (χ4v) is 1.92. The van der Waals surface area contributed by atoms with Gasteiger partial charge in [-0.15, -0.1) is 0 Å². The molecule has 0 fully saturated rings. The summed E-state index contributed by atoms with van der Waals surface area (Å²) in [4.78, 5) is 4.39. The summed E-state index contributed by atoms with van der Waals surface area (Å²) in [5.41, 5.74) is 3.37. The molecule has 1 heterocycles. The van der Waals surface area contributed by atoms with E-state index in [1.807, 2.05) is 17.8 Å². The van der Waals surface area contributed by atoms with E-state index in [1.165, 1.54) is 5.56 Å². The molecule has 0 saturated heterocycles. The highest BCUT2D eigenvalue weighted by molar-refractivity contribution is 5.59. The maximum absolute atomic E-state index is 9.11. The number of aliphatic hydroxyl groups excluding tert-OH is 1. The second-order valence-corrected chi connectivity index (χ2v) is 4.26. The Morgan fingerprint density at radius 2 is 1.94 bits per heavy atom. The Morgan fingerprint density at radius 3 is 2.47 bits per heavy atom. The molecule has 2 aromatic rings. The van der Waals surface area contributed by atoms with Gasteiger partial charge in [-0.25, -0.2) is 4.98 Å². The number of hydrogen-bond donors (Lipinski definition) is 1. The Labute approximate surface area is 102 Å². The second-order valence-electron chi connectivity index (χ2n) is 4.26. The van der Waals surface area contributed by atoms with Crippen molar-refractivity contribution in [1.82, 2.24) is 9.55 Å². The lowest BCUT2D eigenvalue weighted by Gasteiger charge is -2.00. The highest BCUT2D eigenvalue weighted by Crippen LogP contribution is 2.19. The molecule has 0 spiro atoms. The van der Waals surface area contributed by atoms with Gasteiger partial charge in [0.15, 0.2) is 0 Å². The zero-order chi connectivity index (χ0) is 12.3. The van der Waals surface area contributed by atoms with Crippen LogP contribution in [-0.4, -0.2) is 14.7 Å². The maximum Gasteiger partial charge on any atom is 0.134 e. The predicted molar refractivity (Wildman–Crippen MR) is 68.6 cm³/mol. The maximum atomic E-state index is 9.11. The molecule has 3 heteroatoms. The molecule has 0 bridgehead atoms. The summed E-state index contributed by atoms with van der Waals surface area (Å²) in [6.45, 7) is 2.16. The van der Waals surface area contributed by atoms with Crippen LogP contribution in [0.2, 0.25) is 0 Å². The monoisotopic (exact) mass is 230 g/mol. The van der Waals surface area contributed by atoms with Gasteiger partial charge in [0.05, 0.1) is 5.69 Å². The summed E-state index contributed by atoms with van der Waals surface area (Å²) in [5.74, 6) is 0.692. The number of nitrogens with zero attached hydrogens (tertiary/aromatic N) is 2. The lowest BCUT2D eigenvalue weighted by atomic mass is 10.1. The third-order valence-corrected chi connectivity index (χ3v) is 2.90. The van der Waals surface area contributed by atoms with Crippen LogP contribution in [0, 0.1) is 0 Å². The van der Waals surface area contributed by atoms with Gasteiger partial charge in [0, 0.05) is 18.8 Å². The van der Waals surface area contributed by atoms with Crippen LogP contribution >= 0.6 is 0 Å². The fraction of sp³-hybridized carbons (Fsp3) is 0.357. The summed E-state index contributed by atoms with van der Waals surface area (Å²) >= 11 is 0. The van der Waals surface area contributed by atoms with Crippen molar-refractivity contribution in [3.05, 3.63) is 41.9 Å². The summed E-state index contributed by atoms with van der Waals surface area (Å²) < 4.78 is 1.86. The van der Waals surface area contributed by atoms with E-state index < -0.39 is 0 Å². The first-order valence-electron chi connectivity index (χ1n) is 5.97. The first-order chi connectivity index (χ1) is 8.24. The molecule has 0 unspecified atom stereocenters. The zero-order valence-corrected chi connectivity index (χ0v) is 10.3. The van der Waals surface area contributed by atoms with Crippen LogP contribution in [0.15, 0.2) is 30.5 Å². The number of aryl methyl sites for hydroxylation is 2. The van der Waals surface area contributed by atoms with Gasteiger partial charge in [-0.3, -0.25) is 0 Å². The Bertz CT molecular complexity index is 485. The van der Waals surface area contributed by atoms with Gasteiger partial charge in [0.2, 0.25) is 0 Å². The van der Waals surface area contributed by atoms with Crippen molar-refractivity contribution in [2.75, 3.05) is 0 Å². The van der Waals surface area contributed by atoms with Crippen LogP contribution in [0.5, 0.6) is 0 Å². The van der Waals surface area contributed by atoms with Crippen molar-refractivity contribution in [2.45, 2.75) is 26.4 Å². The van der Waals surface area contributed by atoms with E-state index in [4.69, 9.17) is 5.11 Å². The van der Waals surface area contributed by atoms with Crippen LogP contribution in [-0.2, 0) is 20.1 Å². The summed E-state index contributed by atoms with van der Waals surface area (Å²) in [5, 5.41) is 9.11. The van der Waals surface area contributed by atoms with E-state index in [-0.39, 0.29) is 6.61 Å². The van der Waals surface area contributed by atoms with Crippen molar-refractivity contribution in [1.29, 1.82) is 0 Å². The summed E-state index contributed by atoms with van der Waals surface area (Å²) in [6.07, 6.45) is 4.22. The molecule has 2 rings (SSSR count). The quantitative estimate of drug-likeness (QED) is 0.876. The van der Waals surface area contributed by atoms with Crippen molar-refractivity contribution in [3.63, 3.8) is 0 Å². The van der Waals surface area contributed by atoms with Crippen LogP contribution in [0.4, 0.5) is 0 Å². The number of imidazole rings is 1. The molecule has 0 aliphatic rings. The minimum atomic E-state index is -0.0234.